The minimum atomic E-state index is -0.676. The molecule has 1 heterocycles. The normalized spacial score (nSPS) is 10.6. The molecule has 0 fully saturated rings. The number of carbonyl (C=O) groups excluding carboxylic acids is 2. The summed E-state index contributed by atoms with van der Waals surface area (Å²) in [6.07, 6.45) is 0. The van der Waals surface area contributed by atoms with Crippen molar-refractivity contribution in [1.29, 1.82) is 0 Å². The zero-order valence-electron chi connectivity index (χ0n) is 16.6. The summed E-state index contributed by atoms with van der Waals surface area (Å²) in [5.41, 5.74) is 1.47. The molecule has 0 atom stereocenters. The van der Waals surface area contributed by atoms with Crippen LogP contribution in [0.15, 0.2) is 48.5 Å². The number of nitro groups is 1. The van der Waals surface area contributed by atoms with Crippen LogP contribution in [0.25, 0.3) is 10.9 Å². The van der Waals surface area contributed by atoms with Gasteiger partial charge in [-0.25, -0.2) is 0 Å². The second kappa shape index (κ2) is 9.08. The molecule has 0 saturated heterocycles. The average molecular weight is 411 g/mol. The van der Waals surface area contributed by atoms with Gasteiger partial charge in [0.05, 0.1) is 17.6 Å². The molecule has 3 aromatic rings. The smallest absolute Gasteiger partial charge is 0.326 e. The van der Waals surface area contributed by atoms with Gasteiger partial charge in [0.15, 0.2) is 6.61 Å². The Morgan fingerprint density at radius 2 is 1.93 bits per heavy atom. The first-order valence-corrected chi connectivity index (χ1v) is 9.30. The van der Waals surface area contributed by atoms with E-state index in [1.54, 1.807) is 11.5 Å². The summed E-state index contributed by atoms with van der Waals surface area (Å²) in [4.78, 5) is 35.0. The lowest BCUT2D eigenvalue weighted by Gasteiger charge is -2.10. The highest BCUT2D eigenvalue weighted by molar-refractivity contribution is 5.95. The van der Waals surface area contributed by atoms with E-state index in [0.29, 0.717) is 12.4 Å². The van der Waals surface area contributed by atoms with Crippen LogP contribution in [0.3, 0.4) is 0 Å². The fourth-order valence-corrected chi connectivity index (χ4v) is 3.09. The van der Waals surface area contributed by atoms with Gasteiger partial charge in [0.2, 0.25) is 0 Å². The van der Waals surface area contributed by atoms with E-state index >= 15 is 0 Å². The SMILES string of the molecule is CCOc1ccc(NC(=O)COC(=O)Cn2c(C)cc3ccccc32)c([N+](=O)[O-])c1. The van der Waals surface area contributed by atoms with Gasteiger partial charge in [-0.05, 0) is 43.5 Å². The molecule has 1 amide bonds. The molecule has 0 unspecified atom stereocenters. The van der Waals surface area contributed by atoms with Crippen molar-refractivity contribution in [2.75, 3.05) is 18.5 Å². The lowest BCUT2D eigenvalue weighted by atomic mass is 10.2. The van der Waals surface area contributed by atoms with Crippen LogP contribution in [-0.4, -0.2) is 34.6 Å². The highest BCUT2D eigenvalue weighted by atomic mass is 16.6. The monoisotopic (exact) mass is 411 g/mol. The van der Waals surface area contributed by atoms with Gasteiger partial charge in [0.25, 0.3) is 11.6 Å². The third-order valence-electron chi connectivity index (χ3n) is 4.42. The number of amides is 1. The number of nitro benzene ring substituents is 1. The molecule has 0 bridgehead atoms. The van der Waals surface area contributed by atoms with E-state index in [1.807, 2.05) is 37.3 Å². The van der Waals surface area contributed by atoms with E-state index in [9.17, 15) is 19.7 Å². The van der Waals surface area contributed by atoms with Crippen molar-refractivity contribution < 1.29 is 24.0 Å². The Bertz CT molecular complexity index is 1110. The van der Waals surface area contributed by atoms with Crippen LogP contribution in [0.1, 0.15) is 12.6 Å². The quantitative estimate of drug-likeness (QED) is 0.345. The van der Waals surface area contributed by atoms with Crippen molar-refractivity contribution in [2.45, 2.75) is 20.4 Å². The van der Waals surface area contributed by atoms with Gasteiger partial charge in [-0.1, -0.05) is 18.2 Å². The number of para-hydroxylation sites is 1. The lowest BCUT2D eigenvalue weighted by molar-refractivity contribution is -0.384. The Hall–Kier alpha value is -3.88. The number of nitrogens with zero attached hydrogens (tertiary/aromatic N) is 2. The number of rotatable bonds is 8. The second-order valence-electron chi connectivity index (χ2n) is 6.51. The summed E-state index contributed by atoms with van der Waals surface area (Å²) in [7, 11) is 0. The first kappa shape index (κ1) is 20.8. The van der Waals surface area contributed by atoms with Crippen LogP contribution >= 0.6 is 0 Å². The standard InChI is InChI=1S/C21H21N3O6/c1-3-29-16-8-9-17(19(11-16)24(27)28)22-20(25)13-30-21(26)12-23-14(2)10-15-6-4-5-7-18(15)23/h4-11H,3,12-13H2,1-2H3,(H,22,25). The zero-order valence-corrected chi connectivity index (χ0v) is 16.6. The van der Waals surface area contributed by atoms with Gasteiger partial charge in [0, 0.05) is 11.2 Å². The number of hydrogen-bond donors (Lipinski definition) is 1. The fourth-order valence-electron chi connectivity index (χ4n) is 3.09. The maximum Gasteiger partial charge on any atom is 0.326 e. The number of carbonyl (C=O) groups is 2. The molecular weight excluding hydrogens is 390 g/mol. The number of anilines is 1. The van der Waals surface area contributed by atoms with Gasteiger partial charge in [-0.3, -0.25) is 19.7 Å². The van der Waals surface area contributed by atoms with Crippen molar-refractivity contribution in [2.24, 2.45) is 0 Å². The number of esters is 1. The molecule has 1 N–H and O–H groups in total. The van der Waals surface area contributed by atoms with Crippen molar-refractivity contribution in [3.8, 4) is 5.75 Å². The van der Waals surface area contributed by atoms with Crippen LogP contribution in [-0.2, 0) is 20.9 Å². The summed E-state index contributed by atoms with van der Waals surface area (Å²) < 4.78 is 12.1. The molecule has 0 aliphatic rings. The molecule has 156 valence electrons. The molecule has 0 saturated carbocycles. The molecule has 9 heteroatoms. The number of aromatic nitrogens is 1. The molecule has 30 heavy (non-hydrogen) atoms. The minimum Gasteiger partial charge on any atom is -0.494 e. The van der Waals surface area contributed by atoms with E-state index in [4.69, 9.17) is 9.47 Å². The van der Waals surface area contributed by atoms with Gasteiger partial charge >= 0.3 is 5.97 Å². The minimum absolute atomic E-state index is 0.00301. The van der Waals surface area contributed by atoms with Gasteiger partial charge in [0.1, 0.15) is 18.0 Å². The van der Waals surface area contributed by atoms with Crippen molar-refractivity contribution >= 4 is 34.2 Å². The highest BCUT2D eigenvalue weighted by Crippen LogP contribution is 2.29. The Labute approximate surface area is 172 Å². The van der Waals surface area contributed by atoms with Crippen LogP contribution < -0.4 is 10.1 Å². The largest absolute Gasteiger partial charge is 0.494 e. The highest BCUT2D eigenvalue weighted by Gasteiger charge is 2.18. The molecule has 2 aromatic carbocycles. The Morgan fingerprint density at radius 1 is 1.17 bits per heavy atom. The number of aryl methyl sites for hydroxylation is 1. The zero-order chi connectivity index (χ0) is 21.7. The summed E-state index contributed by atoms with van der Waals surface area (Å²) in [6, 6.07) is 13.7. The number of fused-ring (bicyclic) bond motifs is 1. The lowest BCUT2D eigenvalue weighted by Crippen LogP contribution is -2.23. The third kappa shape index (κ3) is 4.75. The maximum atomic E-state index is 12.2. The number of benzene rings is 2. The molecule has 0 radical (unpaired) electrons. The van der Waals surface area contributed by atoms with E-state index in [2.05, 4.69) is 5.32 Å². The molecule has 0 aliphatic carbocycles. The summed E-state index contributed by atoms with van der Waals surface area (Å²) in [5.74, 6) is -0.941. The summed E-state index contributed by atoms with van der Waals surface area (Å²) in [5, 5.41) is 14.7. The van der Waals surface area contributed by atoms with Crippen LogP contribution in [0.5, 0.6) is 5.75 Å². The first-order valence-electron chi connectivity index (χ1n) is 9.30. The number of ether oxygens (including phenoxy) is 2. The molecule has 3 rings (SSSR count). The van der Waals surface area contributed by atoms with E-state index < -0.39 is 23.4 Å². The second-order valence-corrected chi connectivity index (χ2v) is 6.51. The summed E-state index contributed by atoms with van der Waals surface area (Å²) in [6.45, 7) is 3.39. The molecule has 0 aliphatic heterocycles. The average Bonchev–Trinajstić information content (AvgIpc) is 3.03. The van der Waals surface area contributed by atoms with Gasteiger partial charge < -0.3 is 19.4 Å². The number of nitrogens with one attached hydrogen (secondary N) is 1. The van der Waals surface area contributed by atoms with Crippen LogP contribution in [0.4, 0.5) is 11.4 Å². The van der Waals surface area contributed by atoms with E-state index in [1.165, 1.54) is 18.2 Å². The maximum absolute atomic E-state index is 12.2. The van der Waals surface area contributed by atoms with Crippen molar-refractivity contribution in [3.63, 3.8) is 0 Å². The van der Waals surface area contributed by atoms with Crippen LogP contribution in [0, 0.1) is 17.0 Å². The Kier molecular flexibility index (Phi) is 6.31. The topological polar surface area (TPSA) is 113 Å². The molecule has 1 aromatic heterocycles. The molecule has 9 nitrogen and oxygen atoms in total. The predicted molar refractivity (Wildman–Crippen MR) is 111 cm³/mol. The van der Waals surface area contributed by atoms with E-state index in [-0.39, 0.29) is 17.9 Å². The number of hydrogen-bond acceptors (Lipinski definition) is 6. The fraction of sp³-hybridized carbons (Fsp3) is 0.238. The van der Waals surface area contributed by atoms with Crippen molar-refractivity contribution in [3.05, 3.63) is 64.3 Å². The van der Waals surface area contributed by atoms with Crippen molar-refractivity contribution in [1.82, 2.24) is 4.57 Å². The third-order valence-corrected chi connectivity index (χ3v) is 4.42. The predicted octanol–water partition coefficient (Wildman–Crippen LogP) is 3.44. The Morgan fingerprint density at radius 3 is 2.67 bits per heavy atom. The van der Waals surface area contributed by atoms with Crippen LogP contribution in [0.2, 0.25) is 0 Å². The summed E-state index contributed by atoms with van der Waals surface area (Å²) >= 11 is 0. The first-order chi connectivity index (χ1) is 14.4. The molecule has 0 spiro atoms. The Balaban J connectivity index is 1.61. The molecular formula is C21H21N3O6. The van der Waals surface area contributed by atoms with E-state index in [0.717, 1.165) is 16.6 Å². The van der Waals surface area contributed by atoms with Gasteiger partial charge in [-0.15, -0.1) is 0 Å². The van der Waals surface area contributed by atoms with Gasteiger partial charge in [-0.2, -0.15) is 0 Å².